The second-order valence-electron chi connectivity index (χ2n) is 3.78. The van der Waals surface area contributed by atoms with Crippen LogP contribution in [0.15, 0.2) is 0 Å². The van der Waals surface area contributed by atoms with Gasteiger partial charge in [0, 0.05) is 13.2 Å². The third kappa shape index (κ3) is 29.3. The van der Waals surface area contributed by atoms with Gasteiger partial charge in [-0.15, -0.1) is 0 Å². The molecule has 0 bridgehead atoms. The van der Waals surface area contributed by atoms with Crippen LogP contribution in [0.1, 0.15) is 12.8 Å². The van der Waals surface area contributed by atoms with E-state index in [9.17, 15) is 28.7 Å². The molecule has 0 fully saturated rings. The monoisotopic (exact) mass is 448 g/mol. The molecule has 4 N–H and O–H groups in total. The van der Waals surface area contributed by atoms with Crippen LogP contribution in [0.4, 0.5) is 0 Å². The standard InChI is InChI=1S/C5H13O6P.C3H9O6P.2Ca/c6-3-1-5(2-4-7)11-12(8,9)10;4-1-3(5)2-9-10(6,7)8;;/h5-7H,1-4H2,(H2,8,9,10);3-5H,1-2H2,(H2,6,7,8);;/q;;2*+2/p-4. The van der Waals surface area contributed by atoms with E-state index in [0.29, 0.717) is 0 Å². The average Bonchev–Trinajstić information content (AvgIpc) is 2.34. The van der Waals surface area contributed by atoms with Gasteiger partial charge in [-0.3, -0.25) is 0 Å². The van der Waals surface area contributed by atoms with E-state index >= 15 is 0 Å². The molecule has 0 rings (SSSR count). The summed E-state index contributed by atoms with van der Waals surface area (Å²) in [5.41, 5.74) is 0. The first-order chi connectivity index (χ1) is 9.95. The van der Waals surface area contributed by atoms with Gasteiger partial charge in [0.05, 0.1) is 35.0 Å². The van der Waals surface area contributed by atoms with Crippen molar-refractivity contribution in [3.8, 4) is 0 Å². The Morgan fingerprint density at radius 3 is 1.54 bits per heavy atom. The maximum atomic E-state index is 10.1. The maximum Gasteiger partial charge on any atom is 2.00 e. The zero-order chi connectivity index (χ0) is 17.8. The summed E-state index contributed by atoms with van der Waals surface area (Å²) in [5.74, 6) is 0. The van der Waals surface area contributed by atoms with E-state index in [1.54, 1.807) is 0 Å². The summed E-state index contributed by atoms with van der Waals surface area (Å²) >= 11 is 0. The fourth-order valence-electron chi connectivity index (χ4n) is 0.950. The van der Waals surface area contributed by atoms with E-state index in [4.69, 9.17) is 20.4 Å². The Morgan fingerprint density at radius 2 is 1.29 bits per heavy atom. The number of hydrogen-bond acceptors (Lipinski definition) is 12. The minimum atomic E-state index is -5.00. The molecule has 0 spiro atoms. The van der Waals surface area contributed by atoms with Crippen molar-refractivity contribution < 1.29 is 58.2 Å². The fourth-order valence-corrected chi connectivity index (χ4v) is 1.88. The van der Waals surface area contributed by atoms with Crippen molar-refractivity contribution in [2.24, 2.45) is 0 Å². The second kappa shape index (κ2) is 18.9. The van der Waals surface area contributed by atoms with Crippen LogP contribution in [0, 0.1) is 0 Å². The molecule has 16 heteroatoms. The Labute approximate surface area is 198 Å². The van der Waals surface area contributed by atoms with E-state index in [2.05, 4.69) is 9.05 Å². The van der Waals surface area contributed by atoms with Gasteiger partial charge >= 0.3 is 75.5 Å². The molecule has 0 amide bonds. The van der Waals surface area contributed by atoms with Crippen LogP contribution in [-0.2, 0) is 18.2 Å². The van der Waals surface area contributed by atoms with Crippen LogP contribution in [-0.4, -0.2) is 135 Å². The van der Waals surface area contributed by atoms with Crippen LogP contribution >= 0.6 is 15.6 Å². The Morgan fingerprint density at radius 1 is 0.875 bits per heavy atom. The Kier molecular flexibility index (Phi) is 26.9. The largest absolute Gasteiger partial charge is 2.00 e. The Balaban J connectivity index is -0.000000156. The van der Waals surface area contributed by atoms with Gasteiger partial charge < -0.3 is 58.2 Å². The number of aliphatic hydroxyl groups is 4. The van der Waals surface area contributed by atoms with Crippen LogP contribution in [0.25, 0.3) is 0 Å². The normalized spacial score (nSPS) is 12.5. The van der Waals surface area contributed by atoms with Crippen molar-refractivity contribution in [1.29, 1.82) is 0 Å². The van der Waals surface area contributed by atoms with Crippen LogP contribution < -0.4 is 19.6 Å². The van der Waals surface area contributed by atoms with Gasteiger partial charge in [-0.05, 0) is 12.8 Å². The van der Waals surface area contributed by atoms with E-state index in [-0.39, 0.29) is 102 Å². The predicted molar refractivity (Wildman–Crippen MR) is 74.0 cm³/mol. The van der Waals surface area contributed by atoms with E-state index in [0.717, 1.165) is 0 Å². The van der Waals surface area contributed by atoms with E-state index in [1.807, 2.05) is 0 Å². The predicted octanol–water partition coefficient (Wildman–Crippen LogP) is -5.61. The van der Waals surface area contributed by atoms with Crippen molar-refractivity contribution in [3.63, 3.8) is 0 Å². The smallest absolute Gasteiger partial charge is 0.790 e. The zero-order valence-corrected chi connectivity index (χ0v) is 19.0. The Bertz CT molecular complexity index is 355. The first-order valence-corrected chi connectivity index (χ1v) is 8.75. The fraction of sp³-hybridized carbons (Fsp3) is 1.00. The molecular formula is C8H18Ca2O12P2. The van der Waals surface area contributed by atoms with Gasteiger partial charge in [0.15, 0.2) is 0 Å². The van der Waals surface area contributed by atoms with Crippen LogP contribution in [0.5, 0.6) is 0 Å². The molecule has 0 heterocycles. The molecule has 0 aliphatic carbocycles. The number of aliphatic hydroxyl groups excluding tert-OH is 4. The molecule has 12 nitrogen and oxygen atoms in total. The van der Waals surface area contributed by atoms with Crippen LogP contribution in [0.2, 0.25) is 0 Å². The first kappa shape index (κ1) is 34.1. The number of rotatable bonds is 10. The molecule has 24 heavy (non-hydrogen) atoms. The average molecular weight is 448 g/mol. The summed E-state index contributed by atoms with van der Waals surface area (Å²) in [6.45, 7) is -1.91. The molecule has 0 saturated heterocycles. The van der Waals surface area contributed by atoms with Gasteiger partial charge in [-0.2, -0.15) is 0 Å². The van der Waals surface area contributed by atoms with Gasteiger partial charge in [-0.25, -0.2) is 0 Å². The molecule has 0 aromatic rings. The van der Waals surface area contributed by atoms with Gasteiger partial charge in [-0.1, -0.05) is 0 Å². The van der Waals surface area contributed by atoms with Crippen LogP contribution in [0.3, 0.4) is 0 Å². The van der Waals surface area contributed by atoms with Crippen molar-refractivity contribution in [3.05, 3.63) is 0 Å². The summed E-state index contributed by atoms with van der Waals surface area (Å²) in [5, 5.41) is 33.4. The van der Waals surface area contributed by atoms with Gasteiger partial charge in [0.1, 0.15) is 6.10 Å². The third-order valence-electron chi connectivity index (χ3n) is 1.82. The van der Waals surface area contributed by atoms with Gasteiger partial charge in [0.25, 0.3) is 0 Å². The molecule has 1 unspecified atom stereocenters. The zero-order valence-electron chi connectivity index (χ0n) is 12.8. The first-order valence-electron chi connectivity index (χ1n) is 5.82. The molecule has 0 aliphatic heterocycles. The quantitative estimate of drug-likeness (QED) is 0.181. The topological polar surface area (TPSA) is 226 Å². The maximum absolute atomic E-state index is 10.1. The molecule has 0 aromatic heterocycles. The molecule has 0 saturated carbocycles. The molecule has 0 radical (unpaired) electrons. The van der Waals surface area contributed by atoms with Crippen molar-refractivity contribution >= 4 is 91.1 Å². The number of phosphoric acid groups is 2. The Hall–Kier alpha value is 2.58. The van der Waals surface area contributed by atoms with Crippen molar-refractivity contribution in [2.45, 2.75) is 25.0 Å². The van der Waals surface area contributed by atoms with Crippen molar-refractivity contribution in [1.82, 2.24) is 0 Å². The van der Waals surface area contributed by atoms with Crippen molar-refractivity contribution in [2.75, 3.05) is 26.4 Å². The van der Waals surface area contributed by atoms with E-state index < -0.39 is 41.1 Å². The summed E-state index contributed by atoms with van der Waals surface area (Å²) in [6.07, 6.45) is -2.19. The summed E-state index contributed by atoms with van der Waals surface area (Å²) in [6, 6.07) is 0. The minimum absolute atomic E-state index is 0. The van der Waals surface area contributed by atoms with E-state index in [1.165, 1.54) is 0 Å². The molecule has 0 aliphatic rings. The SMILES string of the molecule is O=P([O-])([O-])OC(CCO)CCO.O=P([O-])([O-])OCC(O)CO.[Ca+2].[Ca+2]. The number of hydrogen-bond donors (Lipinski definition) is 4. The molecular weight excluding hydrogens is 430 g/mol. The molecule has 1 atom stereocenters. The summed E-state index contributed by atoms with van der Waals surface area (Å²) < 4.78 is 27.4. The minimum Gasteiger partial charge on any atom is -0.790 e. The van der Waals surface area contributed by atoms with Gasteiger partial charge in [0.2, 0.25) is 0 Å². The summed E-state index contributed by atoms with van der Waals surface area (Å²) in [7, 11) is -10.0. The number of phosphoric ester groups is 2. The summed E-state index contributed by atoms with van der Waals surface area (Å²) in [4.78, 5) is 39.6. The molecule has 136 valence electrons. The second-order valence-corrected chi connectivity index (χ2v) is 6.04. The molecule has 0 aromatic carbocycles. The third-order valence-corrected chi connectivity index (χ3v) is 2.84.